The molecule has 2 bridgehead atoms. The number of nitro groups is 1. The molecule has 2 aliphatic carbocycles. The van der Waals surface area contributed by atoms with Gasteiger partial charge in [-0.05, 0) is 48.1 Å². The van der Waals surface area contributed by atoms with Crippen molar-refractivity contribution in [1.29, 1.82) is 0 Å². The summed E-state index contributed by atoms with van der Waals surface area (Å²) in [6.45, 7) is 3.63. The first-order chi connectivity index (χ1) is 16.9. The van der Waals surface area contributed by atoms with E-state index in [2.05, 4.69) is 4.90 Å². The van der Waals surface area contributed by atoms with Crippen LogP contribution in [0.2, 0.25) is 5.02 Å². The van der Waals surface area contributed by atoms with Gasteiger partial charge in [-0.3, -0.25) is 24.6 Å². The van der Waals surface area contributed by atoms with Gasteiger partial charge in [-0.1, -0.05) is 35.9 Å². The molecule has 35 heavy (non-hydrogen) atoms. The Morgan fingerprint density at radius 2 is 1.54 bits per heavy atom. The number of hydrogen-bond donors (Lipinski definition) is 0. The first-order valence-electron chi connectivity index (χ1n) is 12.0. The number of anilines is 2. The van der Waals surface area contributed by atoms with Gasteiger partial charge in [0.1, 0.15) is 5.69 Å². The summed E-state index contributed by atoms with van der Waals surface area (Å²) in [6.07, 6.45) is 4.93. The lowest BCUT2D eigenvalue weighted by Crippen LogP contribution is -2.46. The molecule has 0 N–H and O–H groups in total. The maximum Gasteiger partial charge on any atom is 0.294 e. The van der Waals surface area contributed by atoms with Gasteiger partial charge in [0, 0.05) is 43.8 Å². The number of halogens is 1. The second-order valence-electron chi connectivity index (χ2n) is 9.83. The van der Waals surface area contributed by atoms with Crippen LogP contribution < -0.4 is 9.80 Å². The van der Waals surface area contributed by atoms with Gasteiger partial charge in [-0.15, -0.1) is 0 Å². The molecular formula is C26H25ClN4O4. The summed E-state index contributed by atoms with van der Waals surface area (Å²) in [6, 6.07) is 12.5. The highest BCUT2D eigenvalue weighted by molar-refractivity contribution is 6.30. The van der Waals surface area contributed by atoms with E-state index >= 15 is 0 Å². The summed E-state index contributed by atoms with van der Waals surface area (Å²) in [4.78, 5) is 43.4. The number of nitro benzene ring substituents is 1. The quantitative estimate of drug-likeness (QED) is 0.272. The van der Waals surface area contributed by atoms with E-state index in [9.17, 15) is 19.7 Å². The molecule has 180 valence electrons. The van der Waals surface area contributed by atoms with Gasteiger partial charge in [0.05, 0.1) is 22.4 Å². The molecule has 6 rings (SSSR count). The molecule has 0 unspecified atom stereocenters. The average Bonchev–Trinajstić information content (AvgIpc) is 3.54. The van der Waals surface area contributed by atoms with Gasteiger partial charge in [-0.2, -0.15) is 0 Å². The van der Waals surface area contributed by atoms with E-state index in [1.165, 1.54) is 16.5 Å². The monoisotopic (exact) mass is 492 g/mol. The van der Waals surface area contributed by atoms with Gasteiger partial charge in [0.25, 0.3) is 5.69 Å². The van der Waals surface area contributed by atoms with E-state index in [0.29, 0.717) is 29.5 Å². The molecule has 4 aliphatic rings. The van der Waals surface area contributed by atoms with Gasteiger partial charge in [0.15, 0.2) is 0 Å². The molecule has 2 saturated heterocycles. The highest BCUT2D eigenvalue weighted by atomic mass is 35.5. The number of allylic oxidation sites excluding steroid dienone is 2. The zero-order chi connectivity index (χ0) is 24.3. The number of piperazine rings is 1. The lowest BCUT2D eigenvalue weighted by Gasteiger charge is -2.36. The van der Waals surface area contributed by atoms with Crippen molar-refractivity contribution in [3.05, 3.63) is 75.3 Å². The maximum absolute atomic E-state index is 13.1. The molecule has 9 heteroatoms. The van der Waals surface area contributed by atoms with Gasteiger partial charge >= 0.3 is 0 Å². The van der Waals surface area contributed by atoms with Gasteiger partial charge in [-0.25, -0.2) is 4.90 Å². The number of imide groups is 1. The van der Waals surface area contributed by atoms with Crippen LogP contribution in [0.1, 0.15) is 12.0 Å². The molecule has 2 aromatic rings. The Labute approximate surface area is 207 Å². The predicted molar refractivity (Wildman–Crippen MR) is 132 cm³/mol. The van der Waals surface area contributed by atoms with Crippen molar-refractivity contribution in [3.63, 3.8) is 0 Å². The summed E-state index contributed by atoms with van der Waals surface area (Å²) in [5, 5.41) is 12.7. The molecule has 8 nitrogen and oxygen atoms in total. The fourth-order valence-corrected chi connectivity index (χ4v) is 6.34. The van der Waals surface area contributed by atoms with E-state index < -0.39 is 4.92 Å². The molecule has 0 radical (unpaired) electrons. The molecule has 2 amide bonds. The van der Waals surface area contributed by atoms with Crippen LogP contribution in [0.4, 0.5) is 17.1 Å². The molecule has 2 aromatic carbocycles. The van der Waals surface area contributed by atoms with Crippen LogP contribution in [0.25, 0.3) is 0 Å². The lowest BCUT2D eigenvalue weighted by atomic mass is 9.85. The van der Waals surface area contributed by atoms with Crippen molar-refractivity contribution < 1.29 is 14.5 Å². The highest BCUT2D eigenvalue weighted by Crippen LogP contribution is 2.53. The number of amides is 2. The van der Waals surface area contributed by atoms with Gasteiger partial charge < -0.3 is 4.90 Å². The summed E-state index contributed by atoms with van der Waals surface area (Å²) < 4.78 is 0. The molecule has 2 heterocycles. The third kappa shape index (κ3) is 3.72. The number of carbonyl (C=O) groups is 2. The van der Waals surface area contributed by atoms with Crippen molar-refractivity contribution in [1.82, 2.24) is 4.90 Å². The first-order valence-corrected chi connectivity index (χ1v) is 12.3. The van der Waals surface area contributed by atoms with E-state index in [1.807, 2.05) is 41.3 Å². The van der Waals surface area contributed by atoms with E-state index in [0.717, 1.165) is 26.1 Å². The SMILES string of the molecule is O=C1[C@@H]2[C@H](C(=O)N1c1ccc(N3CCN(Cc4ccc(Cl)cc4)CC3)c([N+](=O)[O-])c1)[C@H]1C=C[C@H]2C1. The average molecular weight is 493 g/mol. The van der Waals surface area contributed by atoms with Crippen LogP contribution in [0, 0.1) is 33.8 Å². The minimum absolute atomic E-state index is 0.0765. The second kappa shape index (κ2) is 8.46. The number of nitrogens with zero attached hydrogens (tertiary/aromatic N) is 4. The third-order valence-corrected chi connectivity index (χ3v) is 8.17. The molecule has 1 saturated carbocycles. The van der Waals surface area contributed by atoms with Crippen LogP contribution in [0.3, 0.4) is 0 Å². The van der Waals surface area contributed by atoms with Crippen LogP contribution in [-0.2, 0) is 16.1 Å². The first kappa shape index (κ1) is 22.2. The molecule has 0 spiro atoms. The summed E-state index contributed by atoms with van der Waals surface area (Å²) in [7, 11) is 0. The number of fused-ring (bicyclic) bond motifs is 5. The van der Waals surface area contributed by atoms with Crippen LogP contribution in [-0.4, -0.2) is 47.8 Å². The predicted octanol–water partition coefficient (Wildman–Crippen LogP) is 3.88. The lowest BCUT2D eigenvalue weighted by molar-refractivity contribution is -0.384. The zero-order valence-corrected chi connectivity index (χ0v) is 19.8. The number of benzene rings is 2. The smallest absolute Gasteiger partial charge is 0.294 e. The molecule has 4 atom stereocenters. The second-order valence-corrected chi connectivity index (χ2v) is 10.3. The number of carbonyl (C=O) groups excluding carboxylic acids is 2. The molecular weight excluding hydrogens is 468 g/mol. The minimum Gasteiger partial charge on any atom is -0.363 e. The highest BCUT2D eigenvalue weighted by Gasteiger charge is 2.59. The van der Waals surface area contributed by atoms with Crippen LogP contribution in [0.15, 0.2) is 54.6 Å². The Hall–Kier alpha value is -3.23. The summed E-state index contributed by atoms with van der Waals surface area (Å²) >= 11 is 5.97. The van der Waals surface area contributed by atoms with Crippen molar-refractivity contribution in [2.24, 2.45) is 23.7 Å². The van der Waals surface area contributed by atoms with Gasteiger partial charge in [0.2, 0.25) is 11.8 Å². The summed E-state index contributed by atoms with van der Waals surface area (Å²) in [5.41, 5.74) is 1.91. The number of rotatable bonds is 5. The Balaban J connectivity index is 1.19. The Bertz CT molecular complexity index is 1210. The van der Waals surface area contributed by atoms with Crippen molar-refractivity contribution >= 4 is 40.5 Å². The van der Waals surface area contributed by atoms with E-state index in [-0.39, 0.29) is 41.2 Å². The fraction of sp³-hybridized carbons (Fsp3) is 0.385. The normalized spacial score (nSPS) is 27.7. The van der Waals surface area contributed by atoms with Crippen molar-refractivity contribution in [2.75, 3.05) is 36.0 Å². The third-order valence-electron chi connectivity index (χ3n) is 7.92. The Morgan fingerprint density at radius 1 is 0.914 bits per heavy atom. The number of hydrogen-bond acceptors (Lipinski definition) is 6. The molecule has 3 fully saturated rings. The Morgan fingerprint density at radius 3 is 2.14 bits per heavy atom. The zero-order valence-electron chi connectivity index (χ0n) is 19.0. The molecule has 2 aliphatic heterocycles. The van der Waals surface area contributed by atoms with E-state index in [4.69, 9.17) is 11.6 Å². The molecule has 0 aromatic heterocycles. The summed E-state index contributed by atoms with van der Waals surface area (Å²) in [5.74, 6) is -0.908. The van der Waals surface area contributed by atoms with Crippen LogP contribution >= 0.6 is 11.6 Å². The minimum atomic E-state index is -0.421. The fourth-order valence-electron chi connectivity index (χ4n) is 6.22. The largest absolute Gasteiger partial charge is 0.363 e. The topological polar surface area (TPSA) is 87.0 Å². The van der Waals surface area contributed by atoms with Crippen molar-refractivity contribution in [3.8, 4) is 0 Å². The van der Waals surface area contributed by atoms with E-state index in [1.54, 1.807) is 12.1 Å². The standard InChI is InChI=1S/C26H25ClN4O4/c27-19-5-1-16(2-6-19)15-28-9-11-29(12-10-28)21-8-7-20(14-22(21)31(34)35)30-25(32)23-17-3-4-18(13-17)24(23)26(30)33/h1-8,14,17-18,23-24H,9-13,15H2/t17-,18-,23-,24+/m0/s1. The van der Waals surface area contributed by atoms with Crippen molar-refractivity contribution in [2.45, 2.75) is 13.0 Å². The van der Waals surface area contributed by atoms with Crippen LogP contribution in [0.5, 0.6) is 0 Å². The maximum atomic E-state index is 13.1. The Kier molecular flexibility index (Phi) is 5.38.